The number of hydrogen-bond donors (Lipinski definition) is 1. The highest BCUT2D eigenvalue weighted by atomic mass is 16.6. The van der Waals surface area contributed by atoms with Gasteiger partial charge in [0.2, 0.25) is 5.95 Å². The van der Waals surface area contributed by atoms with E-state index in [2.05, 4.69) is 27.9 Å². The van der Waals surface area contributed by atoms with E-state index in [4.69, 9.17) is 10.5 Å². The molecule has 0 bridgehead atoms. The van der Waals surface area contributed by atoms with Crippen LogP contribution in [0.25, 0.3) is 0 Å². The summed E-state index contributed by atoms with van der Waals surface area (Å²) in [5.74, 6) is 1.70. The van der Waals surface area contributed by atoms with Crippen LogP contribution in [0.4, 0.5) is 16.6 Å². The van der Waals surface area contributed by atoms with E-state index >= 15 is 0 Å². The second kappa shape index (κ2) is 7.90. The second-order valence-corrected chi connectivity index (χ2v) is 8.81. The number of ether oxygens (including phenoxy) is 1. The molecule has 0 aromatic carbocycles. The normalized spacial score (nSPS) is 22.0. The Kier molecular flexibility index (Phi) is 5.77. The third kappa shape index (κ3) is 5.02. The first-order chi connectivity index (χ1) is 12.7. The monoisotopic (exact) mass is 375 g/mol. The minimum atomic E-state index is -0.479. The Morgan fingerprint density at radius 1 is 1.19 bits per heavy atom. The van der Waals surface area contributed by atoms with Crippen LogP contribution in [0.2, 0.25) is 0 Å². The SMILES string of the molecule is C[C@@H]1CN(C(=O)OC(C)(C)C)CCN1c1cc(C2CCCCC2)nc(N)n1. The molecule has 2 heterocycles. The zero-order valence-electron chi connectivity index (χ0n) is 17.1. The Bertz CT molecular complexity index is 667. The Labute approximate surface area is 162 Å². The number of amides is 1. The van der Waals surface area contributed by atoms with Crippen molar-refractivity contribution < 1.29 is 9.53 Å². The number of anilines is 2. The fourth-order valence-electron chi connectivity index (χ4n) is 4.02. The molecule has 1 aromatic rings. The zero-order chi connectivity index (χ0) is 19.6. The number of piperazine rings is 1. The molecule has 7 heteroatoms. The van der Waals surface area contributed by atoms with Gasteiger partial charge in [-0.2, -0.15) is 4.98 Å². The molecule has 1 saturated heterocycles. The maximum atomic E-state index is 12.4. The lowest BCUT2D eigenvalue weighted by Crippen LogP contribution is -2.54. The van der Waals surface area contributed by atoms with Gasteiger partial charge in [0.25, 0.3) is 0 Å². The molecule has 7 nitrogen and oxygen atoms in total. The largest absolute Gasteiger partial charge is 0.444 e. The molecule has 150 valence electrons. The van der Waals surface area contributed by atoms with E-state index < -0.39 is 5.60 Å². The first kappa shape index (κ1) is 19.7. The Morgan fingerprint density at radius 2 is 1.89 bits per heavy atom. The van der Waals surface area contributed by atoms with Gasteiger partial charge in [-0.3, -0.25) is 0 Å². The van der Waals surface area contributed by atoms with Crippen LogP contribution >= 0.6 is 0 Å². The van der Waals surface area contributed by atoms with E-state index in [9.17, 15) is 4.79 Å². The predicted molar refractivity (Wildman–Crippen MR) is 107 cm³/mol. The van der Waals surface area contributed by atoms with Gasteiger partial charge < -0.3 is 20.3 Å². The number of nitrogens with two attached hydrogens (primary N) is 1. The van der Waals surface area contributed by atoms with Crippen molar-refractivity contribution in [1.29, 1.82) is 0 Å². The summed E-state index contributed by atoms with van der Waals surface area (Å²) in [4.78, 5) is 25.4. The van der Waals surface area contributed by atoms with E-state index in [1.165, 1.54) is 32.1 Å². The summed E-state index contributed by atoms with van der Waals surface area (Å²) in [6.07, 6.45) is 5.94. The summed E-state index contributed by atoms with van der Waals surface area (Å²) in [6, 6.07) is 2.24. The first-order valence-electron chi connectivity index (χ1n) is 10.1. The summed E-state index contributed by atoms with van der Waals surface area (Å²) in [5, 5.41) is 0. The fourth-order valence-corrected chi connectivity index (χ4v) is 4.02. The van der Waals surface area contributed by atoms with E-state index in [1.54, 1.807) is 4.90 Å². The van der Waals surface area contributed by atoms with Crippen LogP contribution in [-0.4, -0.2) is 52.2 Å². The molecule has 0 radical (unpaired) electrons. The summed E-state index contributed by atoms with van der Waals surface area (Å²) < 4.78 is 5.51. The summed E-state index contributed by atoms with van der Waals surface area (Å²) in [7, 11) is 0. The number of nitrogen functional groups attached to an aromatic ring is 1. The summed E-state index contributed by atoms with van der Waals surface area (Å²) in [6.45, 7) is 9.71. The molecule has 2 aliphatic rings. The number of aromatic nitrogens is 2. The third-order valence-electron chi connectivity index (χ3n) is 5.35. The fraction of sp³-hybridized carbons (Fsp3) is 0.750. The van der Waals surface area contributed by atoms with Gasteiger partial charge in [0.05, 0.1) is 5.69 Å². The molecule has 3 rings (SSSR count). The Hall–Kier alpha value is -2.05. The lowest BCUT2D eigenvalue weighted by Gasteiger charge is -2.41. The molecule has 1 amide bonds. The van der Waals surface area contributed by atoms with Gasteiger partial charge >= 0.3 is 6.09 Å². The highest BCUT2D eigenvalue weighted by Gasteiger charge is 2.31. The third-order valence-corrected chi connectivity index (χ3v) is 5.35. The number of nitrogens with zero attached hydrogens (tertiary/aromatic N) is 4. The quantitative estimate of drug-likeness (QED) is 0.851. The number of carbonyl (C=O) groups excluding carboxylic acids is 1. The molecular formula is C20H33N5O2. The highest BCUT2D eigenvalue weighted by Crippen LogP contribution is 2.33. The van der Waals surface area contributed by atoms with Gasteiger partial charge in [0.15, 0.2) is 0 Å². The molecule has 1 aliphatic heterocycles. The van der Waals surface area contributed by atoms with E-state index in [0.29, 0.717) is 31.5 Å². The van der Waals surface area contributed by atoms with Gasteiger partial charge in [-0.05, 0) is 40.5 Å². The molecule has 1 atom stereocenters. The van der Waals surface area contributed by atoms with Crippen LogP contribution in [0.3, 0.4) is 0 Å². The lowest BCUT2D eigenvalue weighted by atomic mass is 9.87. The van der Waals surface area contributed by atoms with Crippen molar-refractivity contribution in [3.05, 3.63) is 11.8 Å². The van der Waals surface area contributed by atoms with E-state index in [0.717, 1.165) is 11.5 Å². The first-order valence-corrected chi connectivity index (χ1v) is 10.1. The van der Waals surface area contributed by atoms with Crippen LogP contribution in [-0.2, 0) is 4.74 Å². The Morgan fingerprint density at radius 3 is 2.52 bits per heavy atom. The van der Waals surface area contributed by atoms with Gasteiger partial charge in [0.1, 0.15) is 11.4 Å². The van der Waals surface area contributed by atoms with Gasteiger partial charge in [-0.1, -0.05) is 19.3 Å². The van der Waals surface area contributed by atoms with Crippen molar-refractivity contribution >= 4 is 17.9 Å². The van der Waals surface area contributed by atoms with Gasteiger partial charge in [-0.25, -0.2) is 9.78 Å². The van der Waals surface area contributed by atoms with Crippen molar-refractivity contribution in [2.75, 3.05) is 30.3 Å². The van der Waals surface area contributed by atoms with Crippen LogP contribution in [0.1, 0.15) is 71.4 Å². The van der Waals surface area contributed by atoms with Crippen molar-refractivity contribution in [3.63, 3.8) is 0 Å². The van der Waals surface area contributed by atoms with Crippen LogP contribution in [0.15, 0.2) is 6.07 Å². The van der Waals surface area contributed by atoms with Gasteiger partial charge in [-0.15, -0.1) is 0 Å². The maximum absolute atomic E-state index is 12.4. The number of rotatable bonds is 2. The van der Waals surface area contributed by atoms with Crippen LogP contribution in [0, 0.1) is 0 Å². The summed E-state index contributed by atoms with van der Waals surface area (Å²) in [5.41, 5.74) is 6.62. The van der Waals surface area contributed by atoms with Crippen molar-refractivity contribution in [2.45, 2.75) is 77.4 Å². The molecule has 1 aliphatic carbocycles. The molecule has 2 fully saturated rings. The molecule has 2 N–H and O–H groups in total. The molecule has 27 heavy (non-hydrogen) atoms. The Balaban J connectivity index is 1.70. The minimum Gasteiger partial charge on any atom is -0.444 e. The number of carbonyl (C=O) groups is 1. The molecule has 1 saturated carbocycles. The number of hydrogen-bond acceptors (Lipinski definition) is 6. The van der Waals surface area contributed by atoms with Crippen molar-refractivity contribution in [1.82, 2.24) is 14.9 Å². The predicted octanol–water partition coefficient (Wildman–Crippen LogP) is 3.55. The zero-order valence-corrected chi connectivity index (χ0v) is 17.1. The van der Waals surface area contributed by atoms with Crippen molar-refractivity contribution in [2.24, 2.45) is 0 Å². The van der Waals surface area contributed by atoms with Crippen molar-refractivity contribution in [3.8, 4) is 0 Å². The topological polar surface area (TPSA) is 84.6 Å². The highest BCUT2D eigenvalue weighted by molar-refractivity contribution is 5.68. The standard InChI is InChI=1S/C20H33N5O2/c1-14-13-24(19(26)27-20(2,3)4)10-11-25(14)17-12-16(22-18(21)23-17)15-8-6-5-7-9-15/h12,14-15H,5-11,13H2,1-4H3,(H2,21,22,23)/t14-/m1/s1. The van der Waals surface area contributed by atoms with Gasteiger partial charge in [0, 0.05) is 37.7 Å². The van der Waals surface area contributed by atoms with E-state index in [1.807, 2.05) is 20.8 Å². The average molecular weight is 376 g/mol. The molecule has 1 aromatic heterocycles. The van der Waals surface area contributed by atoms with Crippen LogP contribution < -0.4 is 10.6 Å². The smallest absolute Gasteiger partial charge is 0.410 e. The second-order valence-electron chi connectivity index (χ2n) is 8.81. The summed E-state index contributed by atoms with van der Waals surface area (Å²) >= 11 is 0. The maximum Gasteiger partial charge on any atom is 0.410 e. The molecule has 0 unspecified atom stereocenters. The average Bonchev–Trinajstić information content (AvgIpc) is 2.60. The van der Waals surface area contributed by atoms with Crippen LogP contribution in [0.5, 0.6) is 0 Å². The van der Waals surface area contributed by atoms with E-state index in [-0.39, 0.29) is 12.1 Å². The molecular weight excluding hydrogens is 342 g/mol. The molecule has 0 spiro atoms. The lowest BCUT2D eigenvalue weighted by molar-refractivity contribution is 0.0218. The minimum absolute atomic E-state index is 0.139.